The van der Waals surface area contributed by atoms with E-state index in [9.17, 15) is 0 Å². The fourth-order valence-corrected chi connectivity index (χ4v) is 2.28. The van der Waals surface area contributed by atoms with Gasteiger partial charge in [0, 0.05) is 18.6 Å². The monoisotopic (exact) mass is 246 g/mol. The topological polar surface area (TPSA) is 18.5 Å². The molecule has 3 atom stereocenters. The Morgan fingerprint density at radius 1 is 1.40 bits per heavy atom. The van der Waals surface area contributed by atoms with Crippen molar-refractivity contribution in [3.05, 3.63) is 29.3 Å². The highest BCUT2D eigenvalue weighted by atomic mass is 35.5. The Morgan fingerprint density at radius 3 is 2.80 bits per heavy atom. The molecule has 0 radical (unpaired) electrons. The summed E-state index contributed by atoms with van der Waals surface area (Å²) in [7, 11) is 1.65. The van der Waals surface area contributed by atoms with Crippen molar-refractivity contribution in [1.29, 1.82) is 0 Å². The zero-order chi connectivity index (χ0) is 10.8. The number of rotatable bonds is 3. The molecule has 2 rings (SSSR count). The van der Waals surface area contributed by atoms with Crippen LogP contribution in [0.3, 0.4) is 0 Å². The molecular formula is C11H12Cl2O2. The van der Waals surface area contributed by atoms with Crippen LogP contribution in [0.1, 0.15) is 6.42 Å². The molecule has 1 aliphatic carbocycles. The number of alkyl halides is 1. The van der Waals surface area contributed by atoms with Crippen LogP contribution in [-0.2, 0) is 4.74 Å². The second kappa shape index (κ2) is 4.60. The number of ether oxygens (including phenoxy) is 2. The van der Waals surface area contributed by atoms with Crippen LogP contribution >= 0.6 is 23.2 Å². The highest BCUT2D eigenvalue weighted by Crippen LogP contribution is 2.32. The lowest BCUT2D eigenvalue weighted by molar-refractivity contribution is -0.0583. The number of halogens is 2. The zero-order valence-electron chi connectivity index (χ0n) is 8.32. The summed E-state index contributed by atoms with van der Waals surface area (Å²) in [6.07, 6.45) is 0.827. The summed E-state index contributed by atoms with van der Waals surface area (Å²) < 4.78 is 10.9. The van der Waals surface area contributed by atoms with Crippen molar-refractivity contribution in [1.82, 2.24) is 0 Å². The summed E-state index contributed by atoms with van der Waals surface area (Å²) in [5.41, 5.74) is 0. The molecule has 0 aliphatic heterocycles. The van der Waals surface area contributed by atoms with Crippen molar-refractivity contribution in [2.45, 2.75) is 24.0 Å². The van der Waals surface area contributed by atoms with Gasteiger partial charge in [-0.15, -0.1) is 11.6 Å². The minimum absolute atomic E-state index is 0.0225. The largest absolute Gasteiger partial charge is 0.488 e. The Kier molecular flexibility index (Phi) is 3.39. The number of hydrogen-bond donors (Lipinski definition) is 0. The first-order valence-corrected chi connectivity index (χ1v) is 5.61. The van der Waals surface area contributed by atoms with Gasteiger partial charge in [-0.1, -0.05) is 17.7 Å². The van der Waals surface area contributed by atoms with E-state index in [1.54, 1.807) is 13.2 Å². The molecule has 1 fully saturated rings. The number of hydrogen-bond acceptors (Lipinski definition) is 2. The van der Waals surface area contributed by atoms with E-state index in [0.717, 1.165) is 12.2 Å². The van der Waals surface area contributed by atoms with E-state index >= 15 is 0 Å². The third-order valence-corrected chi connectivity index (χ3v) is 3.20. The van der Waals surface area contributed by atoms with Gasteiger partial charge in [0.2, 0.25) is 0 Å². The fraction of sp³-hybridized carbons (Fsp3) is 0.455. The van der Waals surface area contributed by atoms with Gasteiger partial charge in [-0.3, -0.25) is 0 Å². The van der Waals surface area contributed by atoms with Gasteiger partial charge in [-0.05, 0) is 18.2 Å². The van der Waals surface area contributed by atoms with E-state index in [1.807, 2.05) is 18.2 Å². The molecule has 15 heavy (non-hydrogen) atoms. The highest BCUT2D eigenvalue weighted by molar-refractivity contribution is 6.30. The van der Waals surface area contributed by atoms with E-state index in [4.69, 9.17) is 32.7 Å². The van der Waals surface area contributed by atoms with Gasteiger partial charge >= 0.3 is 0 Å². The quantitative estimate of drug-likeness (QED) is 0.764. The molecule has 0 spiro atoms. The standard InChI is InChI=1S/C11H12Cl2O2/c1-14-11-9(13)6-10(11)15-8-4-2-3-7(12)5-8/h2-5,9-11H,6H2,1H3. The smallest absolute Gasteiger partial charge is 0.128 e. The summed E-state index contributed by atoms with van der Waals surface area (Å²) in [5.74, 6) is 0.762. The van der Waals surface area contributed by atoms with Crippen LogP contribution in [0.5, 0.6) is 5.75 Å². The first-order valence-electron chi connectivity index (χ1n) is 4.80. The molecule has 1 aromatic rings. The molecule has 1 aliphatic rings. The van der Waals surface area contributed by atoms with Gasteiger partial charge in [0.15, 0.2) is 0 Å². The molecule has 0 amide bonds. The van der Waals surface area contributed by atoms with Gasteiger partial charge in [-0.25, -0.2) is 0 Å². The number of benzene rings is 1. The summed E-state index contributed by atoms with van der Waals surface area (Å²) in [4.78, 5) is 0. The molecule has 1 aromatic carbocycles. The van der Waals surface area contributed by atoms with Gasteiger partial charge in [0.1, 0.15) is 18.0 Å². The Hall–Kier alpha value is -0.440. The summed E-state index contributed by atoms with van der Waals surface area (Å²) in [5, 5.41) is 0.724. The van der Waals surface area contributed by atoms with E-state index in [-0.39, 0.29) is 17.6 Å². The van der Waals surface area contributed by atoms with Crippen molar-refractivity contribution < 1.29 is 9.47 Å². The molecule has 2 nitrogen and oxygen atoms in total. The Balaban J connectivity index is 1.98. The Labute approximate surface area is 99.1 Å². The second-order valence-electron chi connectivity index (χ2n) is 3.57. The van der Waals surface area contributed by atoms with E-state index in [0.29, 0.717) is 5.02 Å². The Morgan fingerprint density at radius 2 is 2.20 bits per heavy atom. The first-order chi connectivity index (χ1) is 7.20. The molecule has 3 unspecified atom stereocenters. The van der Waals surface area contributed by atoms with Crippen molar-refractivity contribution >= 4 is 23.2 Å². The average molecular weight is 247 g/mol. The molecule has 0 aromatic heterocycles. The lowest BCUT2D eigenvalue weighted by atomic mass is 9.91. The number of methoxy groups -OCH3 is 1. The molecule has 82 valence electrons. The van der Waals surface area contributed by atoms with Crippen molar-refractivity contribution in [3.63, 3.8) is 0 Å². The van der Waals surface area contributed by atoms with Gasteiger partial charge in [-0.2, -0.15) is 0 Å². The van der Waals surface area contributed by atoms with E-state index in [1.165, 1.54) is 0 Å². The normalized spacial score (nSPS) is 29.7. The maximum Gasteiger partial charge on any atom is 0.128 e. The predicted molar refractivity (Wildman–Crippen MR) is 60.9 cm³/mol. The van der Waals surface area contributed by atoms with Crippen LogP contribution in [0.15, 0.2) is 24.3 Å². The first kappa shape index (κ1) is 11.1. The summed E-state index contributed by atoms with van der Waals surface area (Å²) >= 11 is 11.8. The van der Waals surface area contributed by atoms with E-state index in [2.05, 4.69) is 0 Å². The van der Waals surface area contributed by atoms with Gasteiger partial charge < -0.3 is 9.47 Å². The third kappa shape index (κ3) is 2.39. The maximum atomic E-state index is 5.98. The molecule has 1 saturated carbocycles. The molecule has 0 heterocycles. The van der Waals surface area contributed by atoms with Crippen LogP contribution in [0.25, 0.3) is 0 Å². The van der Waals surface area contributed by atoms with Crippen LogP contribution in [-0.4, -0.2) is 24.7 Å². The van der Waals surface area contributed by atoms with Crippen LogP contribution < -0.4 is 4.74 Å². The summed E-state index contributed by atoms with van der Waals surface area (Å²) in [6.45, 7) is 0. The van der Waals surface area contributed by atoms with Gasteiger partial charge in [0.25, 0.3) is 0 Å². The molecule has 0 bridgehead atoms. The lowest BCUT2D eigenvalue weighted by Crippen LogP contribution is -2.52. The van der Waals surface area contributed by atoms with Crippen molar-refractivity contribution in [2.24, 2.45) is 0 Å². The zero-order valence-corrected chi connectivity index (χ0v) is 9.83. The molecule has 0 saturated heterocycles. The minimum atomic E-state index is -0.0225. The van der Waals surface area contributed by atoms with Crippen molar-refractivity contribution in [2.75, 3.05) is 7.11 Å². The third-order valence-electron chi connectivity index (χ3n) is 2.54. The molecular weight excluding hydrogens is 235 g/mol. The van der Waals surface area contributed by atoms with Crippen LogP contribution in [0.4, 0.5) is 0 Å². The average Bonchev–Trinajstić information content (AvgIpc) is 2.17. The lowest BCUT2D eigenvalue weighted by Gasteiger charge is -2.39. The SMILES string of the molecule is COC1C(Cl)CC1Oc1cccc(Cl)c1. The van der Waals surface area contributed by atoms with Crippen molar-refractivity contribution in [3.8, 4) is 5.75 Å². The molecule has 0 N–H and O–H groups in total. The maximum absolute atomic E-state index is 5.98. The van der Waals surface area contributed by atoms with Gasteiger partial charge in [0.05, 0.1) is 5.38 Å². The van der Waals surface area contributed by atoms with Crippen LogP contribution in [0, 0.1) is 0 Å². The highest BCUT2D eigenvalue weighted by Gasteiger charge is 2.42. The summed E-state index contributed by atoms with van der Waals surface area (Å²) in [6, 6.07) is 7.33. The second-order valence-corrected chi connectivity index (χ2v) is 4.56. The Bertz CT molecular complexity index is 343. The predicted octanol–water partition coefficient (Wildman–Crippen LogP) is 3.11. The minimum Gasteiger partial charge on any atom is -0.488 e. The fourth-order valence-electron chi connectivity index (χ4n) is 1.66. The van der Waals surface area contributed by atoms with E-state index < -0.39 is 0 Å². The van der Waals surface area contributed by atoms with Crippen LogP contribution in [0.2, 0.25) is 5.02 Å². The molecule has 4 heteroatoms.